The van der Waals surface area contributed by atoms with E-state index in [0.717, 1.165) is 24.3 Å². The molecule has 9 heteroatoms. The van der Waals surface area contributed by atoms with Gasteiger partial charge in [0.2, 0.25) is 15.9 Å². The predicted molar refractivity (Wildman–Crippen MR) is 125 cm³/mol. The molecule has 2 aromatic rings. The molecular formula is C24H29N3O5S. The Morgan fingerprint density at radius 2 is 1.73 bits per heavy atom. The Morgan fingerprint density at radius 1 is 1.06 bits per heavy atom. The number of sulfonamides is 1. The molecule has 4 rings (SSSR count). The molecule has 0 aliphatic carbocycles. The number of rotatable bonds is 8. The number of nitrogens with one attached hydrogen (secondary N) is 1. The lowest BCUT2D eigenvalue weighted by Crippen LogP contribution is -2.31. The quantitative estimate of drug-likeness (QED) is 0.639. The van der Waals surface area contributed by atoms with Crippen LogP contribution in [0.4, 0.5) is 5.69 Å². The number of anilines is 1. The van der Waals surface area contributed by atoms with Gasteiger partial charge < -0.3 is 15.0 Å². The van der Waals surface area contributed by atoms with E-state index in [1.807, 2.05) is 31.2 Å². The van der Waals surface area contributed by atoms with Gasteiger partial charge in [-0.3, -0.25) is 9.59 Å². The van der Waals surface area contributed by atoms with Gasteiger partial charge in [0.05, 0.1) is 11.5 Å². The molecule has 2 aromatic carbocycles. The standard InChI is InChI=1S/C24H29N3O5S/c1-2-32-21-9-7-20(8-10-21)27-17-18(15-23(27)28)16-25-24(29)19-5-11-22(12-6-19)33(30,31)26-13-3-4-14-26/h5-12,18H,2-4,13-17H2,1H3,(H,25,29). The number of amides is 2. The summed E-state index contributed by atoms with van der Waals surface area (Å²) in [6, 6.07) is 13.4. The lowest BCUT2D eigenvalue weighted by atomic mass is 10.1. The maximum atomic E-state index is 12.6. The van der Waals surface area contributed by atoms with Crippen LogP contribution in [0.5, 0.6) is 5.75 Å². The Hall–Kier alpha value is -2.91. The van der Waals surface area contributed by atoms with E-state index in [1.165, 1.54) is 28.6 Å². The highest BCUT2D eigenvalue weighted by atomic mass is 32.2. The molecule has 2 amide bonds. The van der Waals surface area contributed by atoms with Crippen molar-refractivity contribution in [3.8, 4) is 5.75 Å². The minimum atomic E-state index is -3.50. The van der Waals surface area contributed by atoms with E-state index in [4.69, 9.17) is 4.74 Å². The summed E-state index contributed by atoms with van der Waals surface area (Å²) in [5.41, 5.74) is 1.20. The molecule has 2 fully saturated rings. The van der Waals surface area contributed by atoms with Gasteiger partial charge in [-0.1, -0.05) is 0 Å². The molecule has 0 radical (unpaired) electrons. The number of hydrogen-bond acceptors (Lipinski definition) is 5. The smallest absolute Gasteiger partial charge is 0.251 e. The highest BCUT2D eigenvalue weighted by molar-refractivity contribution is 7.89. The normalized spacial score (nSPS) is 19.1. The van der Waals surface area contributed by atoms with Crippen molar-refractivity contribution in [3.05, 3.63) is 54.1 Å². The Balaban J connectivity index is 1.32. The van der Waals surface area contributed by atoms with Gasteiger partial charge in [0.25, 0.3) is 5.91 Å². The molecule has 1 unspecified atom stereocenters. The summed E-state index contributed by atoms with van der Waals surface area (Å²) in [5, 5.41) is 2.87. The van der Waals surface area contributed by atoms with Gasteiger partial charge >= 0.3 is 0 Å². The zero-order valence-corrected chi connectivity index (χ0v) is 19.5. The number of ether oxygens (including phenoxy) is 1. The summed E-state index contributed by atoms with van der Waals surface area (Å²) in [5.74, 6) is 0.501. The first-order valence-corrected chi connectivity index (χ1v) is 12.7. The van der Waals surface area contributed by atoms with Crippen molar-refractivity contribution in [1.29, 1.82) is 0 Å². The maximum absolute atomic E-state index is 12.6. The minimum absolute atomic E-state index is 0.00263. The molecule has 8 nitrogen and oxygen atoms in total. The van der Waals surface area contributed by atoms with Crippen molar-refractivity contribution in [2.24, 2.45) is 5.92 Å². The van der Waals surface area contributed by atoms with Crippen LogP contribution in [0.1, 0.15) is 36.5 Å². The number of carbonyl (C=O) groups excluding carboxylic acids is 2. The topological polar surface area (TPSA) is 96.0 Å². The molecule has 176 valence electrons. The van der Waals surface area contributed by atoms with Crippen molar-refractivity contribution < 1.29 is 22.7 Å². The molecule has 1 atom stereocenters. The van der Waals surface area contributed by atoms with Crippen molar-refractivity contribution in [2.45, 2.75) is 31.1 Å². The second kappa shape index (κ2) is 9.93. The van der Waals surface area contributed by atoms with Crippen molar-refractivity contribution in [3.63, 3.8) is 0 Å². The molecule has 33 heavy (non-hydrogen) atoms. The lowest BCUT2D eigenvalue weighted by Gasteiger charge is -2.17. The highest BCUT2D eigenvalue weighted by Crippen LogP contribution is 2.27. The summed E-state index contributed by atoms with van der Waals surface area (Å²) in [4.78, 5) is 27.0. The van der Waals surface area contributed by atoms with E-state index in [0.29, 0.717) is 44.8 Å². The fourth-order valence-corrected chi connectivity index (χ4v) is 5.77. The Labute approximate surface area is 194 Å². The number of nitrogens with zero attached hydrogens (tertiary/aromatic N) is 2. The molecule has 0 aromatic heterocycles. The summed E-state index contributed by atoms with van der Waals surface area (Å²) in [7, 11) is -3.50. The number of benzene rings is 2. The van der Waals surface area contributed by atoms with E-state index in [-0.39, 0.29) is 22.6 Å². The van der Waals surface area contributed by atoms with Crippen LogP contribution in [0.2, 0.25) is 0 Å². The van der Waals surface area contributed by atoms with Crippen LogP contribution in [0.15, 0.2) is 53.4 Å². The minimum Gasteiger partial charge on any atom is -0.494 e. The van der Waals surface area contributed by atoms with Gasteiger partial charge in [-0.25, -0.2) is 8.42 Å². The monoisotopic (exact) mass is 471 g/mol. The summed E-state index contributed by atoms with van der Waals surface area (Å²) in [6.07, 6.45) is 2.11. The first kappa shape index (κ1) is 23.3. The summed E-state index contributed by atoms with van der Waals surface area (Å²) in [6.45, 7) is 4.48. The molecule has 2 saturated heterocycles. The fourth-order valence-electron chi connectivity index (χ4n) is 4.25. The van der Waals surface area contributed by atoms with Crippen LogP contribution in [-0.4, -0.2) is 57.3 Å². The van der Waals surface area contributed by atoms with Crippen molar-refractivity contribution in [1.82, 2.24) is 9.62 Å². The highest BCUT2D eigenvalue weighted by Gasteiger charge is 2.31. The van der Waals surface area contributed by atoms with E-state index < -0.39 is 10.0 Å². The molecule has 2 aliphatic heterocycles. The van der Waals surface area contributed by atoms with Gasteiger partial charge in [-0.05, 0) is 68.3 Å². The van der Waals surface area contributed by atoms with Gasteiger partial charge in [0.1, 0.15) is 5.75 Å². The van der Waals surface area contributed by atoms with Crippen LogP contribution in [0.25, 0.3) is 0 Å². The molecular weight excluding hydrogens is 442 g/mol. The largest absolute Gasteiger partial charge is 0.494 e. The van der Waals surface area contributed by atoms with E-state index >= 15 is 0 Å². The van der Waals surface area contributed by atoms with Crippen LogP contribution < -0.4 is 15.0 Å². The predicted octanol–water partition coefficient (Wildman–Crippen LogP) is 2.65. The third-order valence-electron chi connectivity index (χ3n) is 6.04. The second-order valence-corrected chi connectivity index (χ2v) is 10.3. The molecule has 2 aliphatic rings. The maximum Gasteiger partial charge on any atom is 0.251 e. The fraction of sp³-hybridized carbons (Fsp3) is 0.417. The Bertz CT molecular complexity index is 1090. The summed E-state index contributed by atoms with van der Waals surface area (Å²) >= 11 is 0. The van der Waals surface area contributed by atoms with E-state index in [1.54, 1.807) is 4.90 Å². The van der Waals surface area contributed by atoms with Crippen LogP contribution in [-0.2, 0) is 14.8 Å². The number of hydrogen-bond donors (Lipinski definition) is 1. The zero-order chi connectivity index (χ0) is 23.4. The lowest BCUT2D eigenvalue weighted by molar-refractivity contribution is -0.117. The van der Waals surface area contributed by atoms with E-state index in [9.17, 15) is 18.0 Å². The van der Waals surface area contributed by atoms with Crippen molar-refractivity contribution in [2.75, 3.05) is 37.7 Å². The molecule has 0 bridgehead atoms. The molecule has 2 heterocycles. The number of carbonyl (C=O) groups is 2. The van der Waals surface area contributed by atoms with E-state index in [2.05, 4.69) is 5.32 Å². The van der Waals surface area contributed by atoms with Crippen LogP contribution in [0, 0.1) is 5.92 Å². The Kier molecular flexibility index (Phi) is 6.99. The second-order valence-electron chi connectivity index (χ2n) is 8.35. The van der Waals surface area contributed by atoms with Crippen LogP contribution in [0.3, 0.4) is 0 Å². The van der Waals surface area contributed by atoms with Gasteiger partial charge in [0.15, 0.2) is 0 Å². The average molecular weight is 472 g/mol. The zero-order valence-electron chi connectivity index (χ0n) is 18.7. The molecule has 0 saturated carbocycles. The molecule has 0 spiro atoms. The third kappa shape index (κ3) is 5.20. The SMILES string of the molecule is CCOc1ccc(N2CC(CNC(=O)c3ccc(S(=O)(=O)N4CCCC4)cc3)CC2=O)cc1. The third-order valence-corrected chi connectivity index (χ3v) is 7.95. The van der Waals surface area contributed by atoms with Gasteiger partial charge in [-0.2, -0.15) is 4.31 Å². The first-order valence-electron chi connectivity index (χ1n) is 11.3. The Morgan fingerprint density at radius 3 is 2.36 bits per heavy atom. The first-order chi connectivity index (χ1) is 15.9. The van der Waals surface area contributed by atoms with Gasteiger partial charge in [-0.15, -0.1) is 0 Å². The molecule has 1 N–H and O–H groups in total. The average Bonchev–Trinajstić information content (AvgIpc) is 3.49. The summed E-state index contributed by atoms with van der Waals surface area (Å²) < 4.78 is 32.2. The van der Waals surface area contributed by atoms with Gasteiger partial charge in [0, 0.05) is 49.8 Å². The van der Waals surface area contributed by atoms with Crippen LogP contribution >= 0.6 is 0 Å². The van der Waals surface area contributed by atoms with Crippen molar-refractivity contribution >= 4 is 27.5 Å².